The van der Waals surface area contributed by atoms with Crippen LogP contribution in [0.15, 0.2) is 40.5 Å². The third-order valence-electron chi connectivity index (χ3n) is 3.86. The van der Waals surface area contributed by atoms with Crippen LogP contribution < -0.4 is 5.56 Å². The minimum Gasteiger partial charge on any atom is -0.480 e. The van der Waals surface area contributed by atoms with Crippen LogP contribution >= 0.6 is 11.3 Å². The van der Waals surface area contributed by atoms with Crippen LogP contribution in [0, 0.1) is 0 Å². The summed E-state index contributed by atoms with van der Waals surface area (Å²) in [5.74, 6) is -0.543. The Labute approximate surface area is 136 Å². The number of thiophene rings is 1. The van der Waals surface area contributed by atoms with Crippen molar-refractivity contribution in [3.8, 4) is 11.1 Å². The highest BCUT2D eigenvalue weighted by Crippen LogP contribution is 2.31. The van der Waals surface area contributed by atoms with Crippen molar-refractivity contribution >= 4 is 27.5 Å². The largest absolute Gasteiger partial charge is 0.480 e. The minimum atomic E-state index is -1.04. The summed E-state index contributed by atoms with van der Waals surface area (Å²) in [6.45, 7) is 3.37. The van der Waals surface area contributed by atoms with Crippen molar-refractivity contribution in [2.75, 3.05) is 0 Å². The van der Waals surface area contributed by atoms with Gasteiger partial charge in [0.05, 0.1) is 5.39 Å². The molecule has 118 valence electrons. The van der Waals surface area contributed by atoms with E-state index in [1.807, 2.05) is 42.6 Å². The van der Waals surface area contributed by atoms with Crippen molar-refractivity contribution in [1.82, 2.24) is 9.55 Å². The van der Waals surface area contributed by atoms with Crippen LogP contribution in [0.2, 0.25) is 0 Å². The van der Waals surface area contributed by atoms with Crippen LogP contribution in [0.5, 0.6) is 0 Å². The van der Waals surface area contributed by atoms with E-state index in [0.29, 0.717) is 22.5 Å². The van der Waals surface area contributed by atoms with Gasteiger partial charge in [0.25, 0.3) is 5.56 Å². The van der Waals surface area contributed by atoms with Crippen LogP contribution in [0.4, 0.5) is 0 Å². The fraction of sp³-hybridized carbons (Fsp3) is 0.235. The Kier molecular flexibility index (Phi) is 4.00. The molecule has 5 nitrogen and oxygen atoms in total. The quantitative estimate of drug-likeness (QED) is 0.797. The number of rotatable bonds is 4. The summed E-state index contributed by atoms with van der Waals surface area (Å²) in [4.78, 5) is 29.5. The zero-order chi connectivity index (χ0) is 16.6. The van der Waals surface area contributed by atoms with Gasteiger partial charge in [-0.2, -0.15) is 0 Å². The lowest BCUT2D eigenvalue weighted by molar-refractivity contribution is -0.140. The molecule has 0 radical (unpaired) electrons. The highest BCUT2D eigenvalue weighted by molar-refractivity contribution is 7.17. The molecule has 0 aliphatic heterocycles. The number of fused-ring (bicyclic) bond motifs is 1. The van der Waals surface area contributed by atoms with Crippen molar-refractivity contribution in [1.29, 1.82) is 0 Å². The highest BCUT2D eigenvalue weighted by atomic mass is 32.1. The second-order valence-electron chi connectivity index (χ2n) is 5.27. The fourth-order valence-corrected chi connectivity index (χ4v) is 3.59. The van der Waals surface area contributed by atoms with E-state index >= 15 is 0 Å². The Morgan fingerprint density at radius 3 is 2.65 bits per heavy atom. The van der Waals surface area contributed by atoms with E-state index in [0.717, 1.165) is 11.1 Å². The number of nitrogens with zero attached hydrogens (tertiary/aromatic N) is 2. The first kappa shape index (κ1) is 15.4. The molecule has 0 fully saturated rings. The van der Waals surface area contributed by atoms with Gasteiger partial charge in [-0.15, -0.1) is 11.3 Å². The molecule has 1 atom stereocenters. The summed E-state index contributed by atoms with van der Waals surface area (Å²) in [6, 6.07) is 8.64. The lowest BCUT2D eigenvalue weighted by Crippen LogP contribution is -2.31. The maximum Gasteiger partial charge on any atom is 0.326 e. The Bertz CT molecular complexity index is 928. The number of aryl methyl sites for hydroxylation is 1. The van der Waals surface area contributed by atoms with Crippen molar-refractivity contribution in [2.24, 2.45) is 0 Å². The first-order valence-corrected chi connectivity index (χ1v) is 8.23. The molecule has 0 saturated heterocycles. The van der Waals surface area contributed by atoms with Crippen LogP contribution in [0.1, 0.15) is 25.7 Å². The smallest absolute Gasteiger partial charge is 0.326 e. The van der Waals surface area contributed by atoms with Crippen molar-refractivity contribution in [2.45, 2.75) is 26.3 Å². The van der Waals surface area contributed by atoms with Gasteiger partial charge in [-0.05, 0) is 12.5 Å². The topological polar surface area (TPSA) is 72.2 Å². The number of carboxylic acid groups (broad SMARTS) is 1. The van der Waals surface area contributed by atoms with Crippen LogP contribution in [0.25, 0.3) is 21.3 Å². The summed E-state index contributed by atoms with van der Waals surface area (Å²) in [5, 5.41) is 11.7. The molecule has 0 bridgehead atoms. The van der Waals surface area contributed by atoms with E-state index in [-0.39, 0.29) is 5.56 Å². The van der Waals surface area contributed by atoms with Crippen molar-refractivity contribution < 1.29 is 9.90 Å². The third-order valence-corrected chi connectivity index (χ3v) is 4.73. The van der Waals surface area contributed by atoms with E-state index in [9.17, 15) is 14.7 Å². The first-order valence-electron chi connectivity index (χ1n) is 7.35. The Morgan fingerprint density at radius 2 is 2.04 bits per heavy atom. The van der Waals surface area contributed by atoms with Gasteiger partial charge in [-0.3, -0.25) is 9.36 Å². The summed E-state index contributed by atoms with van der Waals surface area (Å²) in [7, 11) is 0. The average molecular weight is 328 g/mol. The number of benzene rings is 1. The molecule has 3 rings (SSSR count). The van der Waals surface area contributed by atoms with Gasteiger partial charge in [0.15, 0.2) is 0 Å². The van der Waals surface area contributed by atoms with Crippen LogP contribution in [-0.4, -0.2) is 20.6 Å². The van der Waals surface area contributed by atoms with E-state index in [4.69, 9.17) is 0 Å². The molecular weight excluding hydrogens is 312 g/mol. The minimum absolute atomic E-state index is 0.290. The van der Waals surface area contributed by atoms with Gasteiger partial charge in [0, 0.05) is 17.4 Å². The average Bonchev–Trinajstić information content (AvgIpc) is 2.99. The molecule has 3 aromatic rings. The Morgan fingerprint density at radius 1 is 1.35 bits per heavy atom. The van der Waals surface area contributed by atoms with E-state index < -0.39 is 12.0 Å². The summed E-state index contributed by atoms with van der Waals surface area (Å²) in [5.41, 5.74) is 1.44. The lowest BCUT2D eigenvalue weighted by atomic mass is 10.1. The van der Waals surface area contributed by atoms with Gasteiger partial charge in [-0.1, -0.05) is 37.3 Å². The number of aromatic nitrogens is 2. The molecular formula is C17H16N2O3S. The van der Waals surface area contributed by atoms with Gasteiger partial charge >= 0.3 is 5.97 Å². The Balaban J connectivity index is 2.35. The molecule has 1 aromatic carbocycles. The molecule has 0 spiro atoms. The highest BCUT2D eigenvalue weighted by Gasteiger charge is 2.22. The van der Waals surface area contributed by atoms with Crippen molar-refractivity contribution in [3.05, 3.63) is 51.9 Å². The molecule has 0 saturated carbocycles. The molecule has 0 aliphatic carbocycles. The molecule has 0 amide bonds. The van der Waals surface area contributed by atoms with Gasteiger partial charge in [0.2, 0.25) is 0 Å². The predicted molar refractivity (Wildman–Crippen MR) is 91.0 cm³/mol. The summed E-state index contributed by atoms with van der Waals surface area (Å²) < 4.78 is 1.30. The van der Waals surface area contributed by atoms with Crippen molar-refractivity contribution in [3.63, 3.8) is 0 Å². The maximum atomic E-state index is 13.0. The Hall–Kier alpha value is -2.47. The third kappa shape index (κ3) is 2.55. The molecule has 0 aliphatic rings. The molecule has 2 aromatic heterocycles. The van der Waals surface area contributed by atoms with Crippen LogP contribution in [0.3, 0.4) is 0 Å². The number of hydrogen-bond acceptors (Lipinski definition) is 4. The maximum absolute atomic E-state index is 13.0. The zero-order valence-electron chi connectivity index (χ0n) is 12.8. The van der Waals surface area contributed by atoms with Crippen LogP contribution in [-0.2, 0) is 11.2 Å². The molecule has 1 unspecified atom stereocenters. The van der Waals surface area contributed by atoms with Gasteiger partial charge in [-0.25, -0.2) is 9.78 Å². The zero-order valence-corrected chi connectivity index (χ0v) is 13.6. The molecule has 23 heavy (non-hydrogen) atoms. The molecule has 2 heterocycles. The number of carboxylic acids is 1. The van der Waals surface area contributed by atoms with E-state index in [1.54, 1.807) is 0 Å². The second kappa shape index (κ2) is 5.96. The molecule has 6 heteroatoms. The summed E-state index contributed by atoms with van der Waals surface area (Å²) in [6.07, 6.45) is 0.501. The lowest BCUT2D eigenvalue weighted by Gasteiger charge is -2.15. The SMILES string of the molecule is CCc1nc2scc(-c3ccccc3)c2c(=O)n1C(C)C(=O)O. The standard InChI is InChI=1S/C17H16N2O3S/c1-3-13-18-15-14(16(20)19(13)10(2)17(21)22)12(9-23-15)11-7-5-4-6-8-11/h4-10H,3H2,1-2H3,(H,21,22). The number of carbonyl (C=O) groups is 1. The number of hydrogen-bond donors (Lipinski definition) is 1. The molecule has 1 N–H and O–H groups in total. The van der Waals surface area contributed by atoms with E-state index in [2.05, 4.69) is 4.98 Å². The monoisotopic (exact) mass is 328 g/mol. The fourth-order valence-electron chi connectivity index (χ4n) is 2.63. The first-order chi connectivity index (χ1) is 11.0. The number of aliphatic carboxylic acids is 1. The summed E-state index contributed by atoms with van der Waals surface area (Å²) >= 11 is 1.41. The van der Waals surface area contributed by atoms with E-state index in [1.165, 1.54) is 22.8 Å². The normalized spacial score (nSPS) is 12.4. The van der Waals surface area contributed by atoms with Gasteiger partial charge in [0.1, 0.15) is 16.7 Å². The predicted octanol–water partition coefficient (Wildman–Crippen LogP) is 3.33. The second-order valence-corrected chi connectivity index (χ2v) is 6.12. The van der Waals surface area contributed by atoms with Gasteiger partial charge < -0.3 is 5.11 Å².